The number of imide groups is 2. The van der Waals surface area contributed by atoms with Gasteiger partial charge in [-0.25, -0.2) is 0 Å². The standard InChI is InChI=1S/C22H22N2O8/c25-7-8-32-15-4-2-1-3-11(15)16-10-5-6-12-17(21(28)23(30)19(12)26)13(10)9-14-18(16)22(29)24(31)20(14)27/h1-5,12-14,16-18,25,30-31H,6-9H2/t12-,13+,14+,16+,17-,18+/m0/s1. The van der Waals surface area contributed by atoms with E-state index in [-0.39, 0.29) is 36.2 Å². The average molecular weight is 442 g/mol. The van der Waals surface area contributed by atoms with Crippen molar-refractivity contribution < 1.29 is 39.4 Å². The topological polar surface area (TPSA) is 145 Å². The number of aliphatic hydroxyl groups excluding tert-OH is 1. The fourth-order valence-electron chi connectivity index (χ4n) is 5.93. The van der Waals surface area contributed by atoms with Gasteiger partial charge in [0.2, 0.25) is 0 Å². The lowest BCUT2D eigenvalue weighted by Gasteiger charge is -2.44. The molecule has 10 nitrogen and oxygen atoms in total. The number of aliphatic hydroxyl groups is 1. The van der Waals surface area contributed by atoms with Crippen molar-refractivity contribution in [2.75, 3.05) is 13.2 Å². The number of carbonyl (C=O) groups is 4. The number of hydrogen-bond acceptors (Lipinski definition) is 8. The highest BCUT2D eigenvalue weighted by atomic mass is 16.5. The summed E-state index contributed by atoms with van der Waals surface area (Å²) >= 11 is 0. The monoisotopic (exact) mass is 442 g/mol. The number of hydroxylamine groups is 4. The minimum Gasteiger partial charge on any atom is -0.491 e. The molecule has 1 aromatic rings. The highest BCUT2D eigenvalue weighted by molar-refractivity contribution is 6.06. The summed E-state index contributed by atoms with van der Waals surface area (Å²) in [6, 6.07) is 6.93. The Morgan fingerprint density at radius 1 is 0.875 bits per heavy atom. The molecule has 0 aromatic heterocycles. The predicted molar refractivity (Wildman–Crippen MR) is 104 cm³/mol. The number of nitrogens with zero attached hydrogens (tertiary/aromatic N) is 2. The molecule has 2 heterocycles. The summed E-state index contributed by atoms with van der Waals surface area (Å²) in [6.07, 6.45) is 2.15. The summed E-state index contributed by atoms with van der Waals surface area (Å²) in [5.41, 5.74) is 1.32. The van der Waals surface area contributed by atoms with Crippen molar-refractivity contribution in [3.05, 3.63) is 41.5 Å². The van der Waals surface area contributed by atoms with Crippen molar-refractivity contribution in [1.29, 1.82) is 0 Å². The van der Waals surface area contributed by atoms with E-state index in [1.54, 1.807) is 24.3 Å². The van der Waals surface area contributed by atoms with Crippen LogP contribution >= 0.6 is 0 Å². The summed E-state index contributed by atoms with van der Waals surface area (Å²) in [5, 5.41) is 29.5. The van der Waals surface area contributed by atoms with Gasteiger partial charge in [-0.15, -0.1) is 0 Å². The molecule has 5 rings (SSSR count). The zero-order valence-electron chi connectivity index (χ0n) is 17.0. The fraction of sp³-hybridized carbons (Fsp3) is 0.455. The molecule has 2 aliphatic carbocycles. The van der Waals surface area contributed by atoms with E-state index in [2.05, 4.69) is 0 Å². The number of para-hydroxylation sites is 1. The third-order valence-electron chi connectivity index (χ3n) is 7.20. The zero-order chi connectivity index (χ0) is 22.7. The number of amides is 4. The molecule has 3 N–H and O–H groups in total. The molecular weight excluding hydrogens is 420 g/mol. The molecule has 0 spiro atoms. The van der Waals surface area contributed by atoms with Gasteiger partial charge in [-0.2, -0.15) is 10.1 Å². The van der Waals surface area contributed by atoms with Crippen LogP contribution in [0.3, 0.4) is 0 Å². The zero-order valence-corrected chi connectivity index (χ0v) is 17.0. The van der Waals surface area contributed by atoms with Crippen molar-refractivity contribution >= 4 is 23.6 Å². The van der Waals surface area contributed by atoms with E-state index < -0.39 is 59.1 Å². The second-order valence-corrected chi connectivity index (χ2v) is 8.61. The molecule has 3 fully saturated rings. The van der Waals surface area contributed by atoms with E-state index in [1.807, 2.05) is 6.08 Å². The number of hydrogen-bond donors (Lipinski definition) is 3. The van der Waals surface area contributed by atoms with Crippen LogP contribution in [0.4, 0.5) is 0 Å². The van der Waals surface area contributed by atoms with E-state index in [0.717, 1.165) is 5.57 Å². The maximum atomic E-state index is 12.9. The summed E-state index contributed by atoms with van der Waals surface area (Å²) < 4.78 is 5.68. The number of allylic oxidation sites excluding steroid dienone is 2. The van der Waals surface area contributed by atoms with Crippen LogP contribution in [0.5, 0.6) is 5.75 Å². The Morgan fingerprint density at radius 3 is 2.25 bits per heavy atom. The van der Waals surface area contributed by atoms with Gasteiger partial charge in [0, 0.05) is 11.5 Å². The Kier molecular flexibility index (Phi) is 4.88. The van der Waals surface area contributed by atoms with Crippen molar-refractivity contribution in [3.63, 3.8) is 0 Å². The first-order valence-electron chi connectivity index (χ1n) is 10.5. The highest BCUT2D eigenvalue weighted by Gasteiger charge is 2.62. The van der Waals surface area contributed by atoms with E-state index in [9.17, 15) is 34.7 Å². The number of carbonyl (C=O) groups excluding carboxylic acids is 4. The molecule has 0 unspecified atom stereocenters. The summed E-state index contributed by atoms with van der Waals surface area (Å²) in [7, 11) is 0. The van der Waals surface area contributed by atoms with Crippen LogP contribution in [0.15, 0.2) is 35.9 Å². The first kappa shape index (κ1) is 20.8. The third kappa shape index (κ3) is 2.76. The van der Waals surface area contributed by atoms with E-state index in [4.69, 9.17) is 4.74 Å². The van der Waals surface area contributed by atoms with Crippen molar-refractivity contribution in [2.24, 2.45) is 29.6 Å². The summed E-state index contributed by atoms with van der Waals surface area (Å²) in [4.78, 5) is 50.7. The van der Waals surface area contributed by atoms with E-state index in [1.165, 1.54) is 0 Å². The maximum absolute atomic E-state index is 12.9. The van der Waals surface area contributed by atoms with Crippen LogP contribution in [-0.4, -0.2) is 62.5 Å². The molecular formula is C22H22N2O8. The number of ether oxygens (including phenoxy) is 1. The molecule has 2 aliphatic heterocycles. The van der Waals surface area contributed by atoms with Crippen molar-refractivity contribution in [2.45, 2.75) is 18.8 Å². The average Bonchev–Trinajstić information content (AvgIpc) is 3.16. The molecule has 10 heteroatoms. The largest absolute Gasteiger partial charge is 0.491 e. The Bertz CT molecular complexity index is 1050. The molecule has 4 aliphatic rings. The molecule has 2 saturated heterocycles. The van der Waals surface area contributed by atoms with E-state index >= 15 is 0 Å². The van der Waals surface area contributed by atoms with Crippen LogP contribution < -0.4 is 4.74 Å². The Hall–Kier alpha value is -3.08. The molecule has 0 radical (unpaired) electrons. The Labute approximate surface area is 182 Å². The second-order valence-electron chi connectivity index (χ2n) is 8.61. The van der Waals surface area contributed by atoms with Gasteiger partial charge in [-0.05, 0) is 24.8 Å². The highest BCUT2D eigenvalue weighted by Crippen LogP contribution is 2.58. The molecule has 6 atom stereocenters. The first-order chi connectivity index (χ1) is 15.4. The van der Waals surface area contributed by atoms with Gasteiger partial charge in [-0.1, -0.05) is 29.8 Å². The van der Waals surface area contributed by atoms with Crippen molar-refractivity contribution in [3.8, 4) is 5.75 Å². The van der Waals surface area contributed by atoms with Crippen LogP contribution in [0, 0.1) is 29.6 Å². The lowest BCUT2D eigenvalue weighted by Crippen LogP contribution is -2.43. The minimum absolute atomic E-state index is 0.0243. The Morgan fingerprint density at radius 2 is 1.53 bits per heavy atom. The summed E-state index contributed by atoms with van der Waals surface area (Å²) in [6.45, 7) is -0.193. The molecule has 4 amide bonds. The number of benzene rings is 1. The number of fused-ring (bicyclic) bond motifs is 4. The third-order valence-corrected chi connectivity index (χ3v) is 7.20. The lowest BCUT2D eigenvalue weighted by atomic mass is 9.57. The Balaban J connectivity index is 1.65. The first-order valence-corrected chi connectivity index (χ1v) is 10.5. The van der Waals surface area contributed by atoms with Crippen LogP contribution in [0.25, 0.3) is 0 Å². The van der Waals surface area contributed by atoms with Crippen LogP contribution in [0.1, 0.15) is 24.3 Å². The van der Waals surface area contributed by atoms with Crippen LogP contribution in [0.2, 0.25) is 0 Å². The molecule has 168 valence electrons. The molecule has 0 bridgehead atoms. The smallest absolute Gasteiger partial charge is 0.258 e. The van der Waals surface area contributed by atoms with Gasteiger partial charge in [0.25, 0.3) is 23.6 Å². The van der Waals surface area contributed by atoms with Crippen molar-refractivity contribution in [1.82, 2.24) is 10.1 Å². The quantitative estimate of drug-likeness (QED) is 0.347. The van der Waals surface area contributed by atoms with Gasteiger partial charge >= 0.3 is 0 Å². The minimum atomic E-state index is -0.886. The van der Waals surface area contributed by atoms with Gasteiger partial charge in [-0.3, -0.25) is 29.6 Å². The predicted octanol–water partition coefficient (Wildman–Crippen LogP) is 0.472. The van der Waals surface area contributed by atoms with Gasteiger partial charge in [0.05, 0.1) is 30.3 Å². The van der Waals surface area contributed by atoms with Gasteiger partial charge in [0.1, 0.15) is 12.4 Å². The maximum Gasteiger partial charge on any atom is 0.258 e. The van der Waals surface area contributed by atoms with E-state index in [0.29, 0.717) is 11.3 Å². The fourth-order valence-corrected chi connectivity index (χ4v) is 5.93. The second kappa shape index (κ2) is 7.51. The van der Waals surface area contributed by atoms with Gasteiger partial charge < -0.3 is 9.84 Å². The molecule has 32 heavy (non-hydrogen) atoms. The molecule has 1 aromatic carbocycles. The molecule has 1 saturated carbocycles. The lowest BCUT2D eigenvalue weighted by molar-refractivity contribution is -0.174. The number of rotatable bonds is 4. The van der Waals surface area contributed by atoms with Crippen LogP contribution in [-0.2, 0) is 19.2 Å². The SMILES string of the molecule is O=C1[C@H]2[C@H](CC=C3[C@H]2C[C@H]2C(=O)N(O)C(=O)[C@H]2[C@H]3c2ccccc2OCCO)C(=O)N1O. The normalized spacial score (nSPS) is 33.8. The van der Waals surface area contributed by atoms with Gasteiger partial charge in [0.15, 0.2) is 0 Å². The summed E-state index contributed by atoms with van der Waals surface area (Å²) in [5.74, 6) is -6.96.